The fourth-order valence-corrected chi connectivity index (χ4v) is 2.95. The van der Waals surface area contributed by atoms with Crippen molar-refractivity contribution in [1.82, 2.24) is 10.2 Å². The lowest BCUT2D eigenvalue weighted by Gasteiger charge is -2.14. The Balaban J connectivity index is 1.92. The van der Waals surface area contributed by atoms with E-state index in [0.29, 0.717) is 6.54 Å². The van der Waals surface area contributed by atoms with Gasteiger partial charge in [0.2, 0.25) is 5.91 Å². The summed E-state index contributed by atoms with van der Waals surface area (Å²) in [5, 5.41) is 2.95. The van der Waals surface area contributed by atoms with Crippen molar-refractivity contribution < 1.29 is 4.79 Å². The Kier molecular flexibility index (Phi) is 5.92. The summed E-state index contributed by atoms with van der Waals surface area (Å²) in [4.78, 5) is 16.4. The van der Waals surface area contributed by atoms with E-state index in [1.165, 1.54) is 10.4 Å². The molecule has 0 aliphatic rings. The Hall–Kier alpha value is -1.91. The Morgan fingerprint density at radius 2 is 1.91 bits per heavy atom. The Morgan fingerprint density at radius 1 is 1.18 bits per heavy atom. The van der Waals surface area contributed by atoms with Crippen molar-refractivity contribution in [3.05, 3.63) is 63.4 Å². The molecule has 0 aliphatic carbocycles. The first-order chi connectivity index (χ1) is 10.5. The molecule has 0 aliphatic heterocycles. The van der Waals surface area contributed by atoms with Crippen LogP contribution in [0.4, 0.5) is 0 Å². The van der Waals surface area contributed by atoms with Gasteiger partial charge in [-0.1, -0.05) is 24.3 Å². The first-order valence-electron chi connectivity index (χ1n) is 7.28. The topological polar surface area (TPSA) is 32.3 Å². The van der Waals surface area contributed by atoms with Crippen molar-refractivity contribution in [2.75, 3.05) is 14.1 Å². The van der Waals surface area contributed by atoms with Gasteiger partial charge in [-0.15, -0.1) is 11.3 Å². The maximum absolute atomic E-state index is 11.9. The number of nitrogens with one attached hydrogen (secondary N) is 1. The molecule has 2 rings (SSSR count). The summed E-state index contributed by atoms with van der Waals surface area (Å²) < 4.78 is 0. The first kappa shape index (κ1) is 16.5. The van der Waals surface area contributed by atoms with Gasteiger partial charge < -0.3 is 10.2 Å². The second-order valence-electron chi connectivity index (χ2n) is 5.51. The standard InChI is InChI=1S/C18H22N2OS/c1-14-8-9-17(22-14)10-11-18(21)19-12-15-6-4-5-7-16(15)13-20(2)3/h4-11H,12-13H2,1-3H3,(H,19,21)/b11-10+. The van der Waals surface area contributed by atoms with Crippen molar-refractivity contribution in [3.63, 3.8) is 0 Å². The Morgan fingerprint density at radius 3 is 2.55 bits per heavy atom. The van der Waals surface area contributed by atoms with E-state index in [9.17, 15) is 4.79 Å². The summed E-state index contributed by atoms with van der Waals surface area (Å²) in [6.07, 6.45) is 3.46. The number of benzene rings is 1. The Bertz CT molecular complexity index is 659. The molecule has 0 saturated heterocycles. The maximum atomic E-state index is 11.9. The van der Waals surface area contributed by atoms with E-state index in [4.69, 9.17) is 0 Å². The van der Waals surface area contributed by atoms with Gasteiger partial charge in [-0.3, -0.25) is 4.79 Å². The van der Waals surface area contributed by atoms with Gasteiger partial charge in [0.25, 0.3) is 0 Å². The summed E-state index contributed by atoms with van der Waals surface area (Å²) >= 11 is 1.68. The van der Waals surface area contributed by atoms with Gasteiger partial charge in [0, 0.05) is 28.9 Å². The summed E-state index contributed by atoms with van der Waals surface area (Å²) in [5.41, 5.74) is 2.40. The SMILES string of the molecule is Cc1ccc(/C=C/C(=O)NCc2ccccc2CN(C)C)s1. The summed E-state index contributed by atoms with van der Waals surface area (Å²) in [6.45, 7) is 3.48. The van der Waals surface area contributed by atoms with Crippen LogP contribution in [0.5, 0.6) is 0 Å². The largest absolute Gasteiger partial charge is 0.348 e. The van der Waals surface area contributed by atoms with E-state index in [2.05, 4.69) is 35.3 Å². The molecule has 0 radical (unpaired) electrons. The van der Waals surface area contributed by atoms with Gasteiger partial charge in [0.1, 0.15) is 0 Å². The van der Waals surface area contributed by atoms with Crippen LogP contribution in [-0.2, 0) is 17.9 Å². The van der Waals surface area contributed by atoms with Crippen LogP contribution >= 0.6 is 11.3 Å². The highest BCUT2D eigenvalue weighted by atomic mass is 32.1. The maximum Gasteiger partial charge on any atom is 0.244 e. The van der Waals surface area contributed by atoms with E-state index >= 15 is 0 Å². The van der Waals surface area contributed by atoms with Crippen molar-refractivity contribution in [2.24, 2.45) is 0 Å². The highest BCUT2D eigenvalue weighted by Gasteiger charge is 2.04. The minimum Gasteiger partial charge on any atom is -0.348 e. The number of carbonyl (C=O) groups is 1. The zero-order valence-electron chi connectivity index (χ0n) is 13.3. The van der Waals surface area contributed by atoms with Crippen LogP contribution in [0, 0.1) is 6.92 Å². The molecule has 1 aromatic carbocycles. The normalized spacial score (nSPS) is 11.3. The third-order valence-corrected chi connectivity index (χ3v) is 4.18. The van der Waals surface area contributed by atoms with Crippen LogP contribution in [0.1, 0.15) is 20.9 Å². The predicted octanol–water partition coefficient (Wildman–Crippen LogP) is 3.45. The van der Waals surface area contributed by atoms with Gasteiger partial charge in [-0.25, -0.2) is 0 Å². The molecule has 1 aromatic heterocycles. The predicted molar refractivity (Wildman–Crippen MR) is 93.8 cm³/mol. The van der Waals surface area contributed by atoms with Crippen molar-refractivity contribution in [1.29, 1.82) is 0 Å². The smallest absolute Gasteiger partial charge is 0.244 e. The molecule has 0 spiro atoms. The van der Waals surface area contributed by atoms with E-state index in [0.717, 1.165) is 17.0 Å². The van der Waals surface area contributed by atoms with Gasteiger partial charge in [0.05, 0.1) is 0 Å². The number of aryl methyl sites for hydroxylation is 1. The molecule has 0 atom stereocenters. The van der Waals surface area contributed by atoms with E-state index in [-0.39, 0.29) is 5.91 Å². The minimum absolute atomic E-state index is 0.0642. The van der Waals surface area contributed by atoms with Gasteiger partial charge in [0.15, 0.2) is 0 Å². The molecular weight excluding hydrogens is 292 g/mol. The van der Waals surface area contributed by atoms with Crippen molar-refractivity contribution >= 4 is 23.3 Å². The van der Waals surface area contributed by atoms with Crippen molar-refractivity contribution in [2.45, 2.75) is 20.0 Å². The molecule has 3 nitrogen and oxygen atoms in total. The molecule has 2 aromatic rings. The van der Waals surface area contributed by atoms with Crippen molar-refractivity contribution in [3.8, 4) is 0 Å². The van der Waals surface area contributed by atoms with Gasteiger partial charge in [-0.05, 0) is 50.4 Å². The average molecular weight is 314 g/mol. The lowest BCUT2D eigenvalue weighted by atomic mass is 10.1. The minimum atomic E-state index is -0.0642. The average Bonchev–Trinajstić information content (AvgIpc) is 2.89. The third kappa shape index (κ3) is 5.13. The summed E-state index contributed by atoms with van der Waals surface area (Å²) in [5.74, 6) is -0.0642. The molecule has 0 saturated carbocycles. The second kappa shape index (κ2) is 7.92. The lowest BCUT2D eigenvalue weighted by Crippen LogP contribution is -2.22. The molecule has 0 fully saturated rings. The number of nitrogens with zero attached hydrogens (tertiary/aromatic N) is 1. The quantitative estimate of drug-likeness (QED) is 0.828. The van der Waals surface area contributed by atoms with Gasteiger partial charge in [-0.2, -0.15) is 0 Å². The van der Waals surface area contributed by atoms with Crippen LogP contribution in [0.2, 0.25) is 0 Å². The van der Waals surface area contributed by atoms with Crippen LogP contribution in [0.15, 0.2) is 42.5 Å². The molecule has 1 N–H and O–H groups in total. The molecular formula is C18H22N2OS. The fourth-order valence-electron chi connectivity index (χ4n) is 2.17. The number of amides is 1. The number of carbonyl (C=O) groups excluding carboxylic acids is 1. The summed E-state index contributed by atoms with van der Waals surface area (Å²) in [6, 6.07) is 12.3. The molecule has 4 heteroatoms. The Labute approximate surface area is 136 Å². The zero-order chi connectivity index (χ0) is 15.9. The lowest BCUT2D eigenvalue weighted by molar-refractivity contribution is -0.116. The molecule has 1 amide bonds. The monoisotopic (exact) mass is 314 g/mol. The van der Waals surface area contributed by atoms with Crippen LogP contribution in [-0.4, -0.2) is 24.9 Å². The fraction of sp³-hybridized carbons (Fsp3) is 0.278. The highest BCUT2D eigenvalue weighted by Crippen LogP contribution is 2.16. The molecule has 22 heavy (non-hydrogen) atoms. The summed E-state index contributed by atoms with van der Waals surface area (Å²) in [7, 11) is 4.09. The number of hydrogen-bond acceptors (Lipinski definition) is 3. The van der Waals surface area contributed by atoms with E-state index in [1.807, 2.05) is 38.4 Å². The molecule has 116 valence electrons. The zero-order valence-corrected chi connectivity index (χ0v) is 14.1. The van der Waals surface area contributed by atoms with Crippen LogP contribution < -0.4 is 5.32 Å². The van der Waals surface area contributed by atoms with E-state index in [1.54, 1.807) is 17.4 Å². The first-order valence-corrected chi connectivity index (χ1v) is 8.10. The number of thiophene rings is 1. The van der Waals surface area contributed by atoms with Crippen LogP contribution in [0.3, 0.4) is 0 Å². The van der Waals surface area contributed by atoms with Gasteiger partial charge >= 0.3 is 0 Å². The van der Waals surface area contributed by atoms with E-state index < -0.39 is 0 Å². The van der Waals surface area contributed by atoms with Crippen LogP contribution in [0.25, 0.3) is 6.08 Å². The number of hydrogen-bond donors (Lipinski definition) is 1. The highest BCUT2D eigenvalue weighted by molar-refractivity contribution is 7.12. The third-order valence-electron chi connectivity index (χ3n) is 3.22. The molecule has 0 unspecified atom stereocenters. The number of rotatable bonds is 6. The molecule has 0 bridgehead atoms. The second-order valence-corrected chi connectivity index (χ2v) is 6.83. The molecule has 1 heterocycles.